The number of nitrogens with zero attached hydrogens (tertiary/aromatic N) is 2. The molecule has 5 heteroatoms. The number of fused-ring (bicyclic) bond motifs is 1. The van der Waals surface area contributed by atoms with Gasteiger partial charge in [-0.3, -0.25) is 0 Å². The van der Waals surface area contributed by atoms with Gasteiger partial charge in [-0.15, -0.1) is 0 Å². The second kappa shape index (κ2) is 4.39. The summed E-state index contributed by atoms with van der Waals surface area (Å²) in [6, 6.07) is 3.79. The standard InChI is InChI=1S/C13H13BrN2O2/c1-17-10-5-8-9(6-11(10)18-2)15-13(7-3-4-7)16-12(8)14/h5-7H,3-4H2,1-2H3. The van der Waals surface area contributed by atoms with E-state index < -0.39 is 0 Å². The number of hydrogen-bond donors (Lipinski definition) is 0. The summed E-state index contributed by atoms with van der Waals surface area (Å²) in [5.41, 5.74) is 0.886. The highest BCUT2D eigenvalue weighted by Crippen LogP contribution is 2.40. The summed E-state index contributed by atoms with van der Waals surface area (Å²) in [4.78, 5) is 9.11. The van der Waals surface area contributed by atoms with E-state index in [0.29, 0.717) is 17.4 Å². The maximum Gasteiger partial charge on any atom is 0.162 e. The zero-order valence-electron chi connectivity index (χ0n) is 10.2. The minimum Gasteiger partial charge on any atom is -0.493 e. The van der Waals surface area contributed by atoms with Crippen molar-refractivity contribution < 1.29 is 9.47 Å². The molecule has 94 valence electrons. The molecule has 0 N–H and O–H groups in total. The summed E-state index contributed by atoms with van der Waals surface area (Å²) in [5, 5.41) is 0.942. The van der Waals surface area contributed by atoms with Crippen LogP contribution in [0.2, 0.25) is 0 Å². The lowest BCUT2D eigenvalue weighted by atomic mass is 10.2. The molecule has 3 rings (SSSR count). The fourth-order valence-electron chi connectivity index (χ4n) is 1.96. The van der Waals surface area contributed by atoms with Crippen LogP contribution in [0.15, 0.2) is 16.7 Å². The van der Waals surface area contributed by atoms with Gasteiger partial charge >= 0.3 is 0 Å². The third-order valence-electron chi connectivity index (χ3n) is 3.11. The molecule has 18 heavy (non-hydrogen) atoms. The quantitative estimate of drug-likeness (QED) is 0.816. The van der Waals surface area contributed by atoms with E-state index in [0.717, 1.165) is 21.3 Å². The monoisotopic (exact) mass is 308 g/mol. The zero-order valence-corrected chi connectivity index (χ0v) is 11.8. The van der Waals surface area contributed by atoms with Crippen molar-refractivity contribution in [3.63, 3.8) is 0 Å². The number of ether oxygens (including phenoxy) is 2. The first-order chi connectivity index (χ1) is 8.72. The maximum atomic E-state index is 5.30. The molecule has 2 aromatic rings. The molecule has 0 unspecified atom stereocenters. The van der Waals surface area contributed by atoms with Gasteiger partial charge in [-0.2, -0.15) is 0 Å². The summed E-state index contributed by atoms with van der Waals surface area (Å²) < 4.78 is 11.4. The molecule has 0 atom stereocenters. The van der Waals surface area contributed by atoms with Gasteiger partial charge in [0.1, 0.15) is 10.4 Å². The molecule has 1 heterocycles. The molecule has 1 aliphatic carbocycles. The molecular weight excluding hydrogens is 296 g/mol. The second-order valence-electron chi connectivity index (χ2n) is 4.37. The van der Waals surface area contributed by atoms with Gasteiger partial charge in [0.25, 0.3) is 0 Å². The highest BCUT2D eigenvalue weighted by molar-refractivity contribution is 9.10. The third-order valence-corrected chi connectivity index (χ3v) is 3.72. The third kappa shape index (κ3) is 1.92. The Labute approximate surface area is 113 Å². The van der Waals surface area contributed by atoms with E-state index in [1.54, 1.807) is 14.2 Å². The second-order valence-corrected chi connectivity index (χ2v) is 5.12. The van der Waals surface area contributed by atoms with Crippen LogP contribution in [-0.2, 0) is 0 Å². The van der Waals surface area contributed by atoms with Crippen molar-refractivity contribution in [2.45, 2.75) is 18.8 Å². The van der Waals surface area contributed by atoms with Gasteiger partial charge in [-0.05, 0) is 34.8 Å². The Kier molecular flexibility index (Phi) is 2.86. The van der Waals surface area contributed by atoms with Crippen molar-refractivity contribution in [2.24, 2.45) is 0 Å². The fourth-order valence-corrected chi connectivity index (χ4v) is 2.46. The molecule has 0 saturated heterocycles. The first-order valence-electron chi connectivity index (χ1n) is 5.82. The summed E-state index contributed by atoms with van der Waals surface area (Å²) in [5.74, 6) is 2.83. The Hall–Kier alpha value is -1.36. The molecule has 0 radical (unpaired) electrons. The van der Waals surface area contributed by atoms with Crippen LogP contribution in [0.1, 0.15) is 24.6 Å². The molecular formula is C13H13BrN2O2. The predicted molar refractivity (Wildman–Crippen MR) is 72.3 cm³/mol. The summed E-state index contributed by atoms with van der Waals surface area (Å²) in [6.07, 6.45) is 2.37. The highest BCUT2D eigenvalue weighted by atomic mass is 79.9. The van der Waals surface area contributed by atoms with Crippen LogP contribution in [0.3, 0.4) is 0 Å². The molecule has 0 bridgehead atoms. The van der Waals surface area contributed by atoms with Crippen LogP contribution in [0.4, 0.5) is 0 Å². The van der Waals surface area contributed by atoms with E-state index in [1.165, 1.54) is 12.8 Å². The first-order valence-corrected chi connectivity index (χ1v) is 6.61. The Morgan fingerprint density at radius 3 is 2.39 bits per heavy atom. The first kappa shape index (κ1) is 11.7. The number of halogens is 1. The van der Waals surface area contributed by atoms with Crippen LogP contribution >= 0.6 is 15.9 Å². The fraction of sp³-hybridized carbons (Fsp3) is 0.385. The lowest BCUT2D eigenvalue weighted by Gasteiger charge is -2.10. The van der Waals surface area contributed by atoms with E-state index in [4.69, 9.17) is 9.47 Å². The van der Waals surface area contributed by atoms with Gasteiger partial charge in [0.2, 0.25) is 0 Å². The van der Waals surface area contributed by atoms with E-state index in [2.05, 4.69) is 25.9 Å². The van der Waals surface area contributed by atoms with Crippen LogP contribution in [0.25, 0.3) is 10.9 Å². The summed E-state index contributed by atoms with van der Waals surface area (Å²) in [6.45, 7) is 0. The largest absolute Gasteiger partial charge is 0.493 e. The van der Waals surface area contributed by atoms with Crippen molar-refractivity contribution in [1.82, 2.24) is 9.97 Å². The number of methoxy groups -OCH3 is 2. The Balaban J connectivity index is 2.22. The summed E-state index contributed by atoms with van der Waals surface area (Å²) in [7, 11) is 3.25. The lowest BCUT2D eigenvalue weighted by molar-refractivity contribution is 0.355. The van der Waals surface area contributed by atoms with Gasteiger partial charge in [-0.25, -0.2) is 9.97 Å². The number of benzene rings is 1. The molecule has 0 spiro atoms. The summed E-state index contributed by atoms with van der Waals surface area (Å²) >= 11 is 3.51. The molecule has 1 fully saturated rings. The van der Waals surface area contributed by atoms with Gasteiger partial charge in [0.05, 0.1) is 19.7 Å². The van der Waals surface area contributed by atoms with E-state index in [-0.39, 0.29) is 0 Å². The van der Waals surface area contributed by atoms with Crippen molar-refractivity contribution in [1.29, 1.82) is 0 Å². The van der Waals surface area contributed by atoms with E-state index in [1.807, 2.05) is 12.1 Å². The van der Waals surface area contributed by atoms with Crippen molar-refractivity contribution >= 4 is 26.8 Å². The average molecular weight is 309 g/mol. The maximum absolute atomic E-state index is 5.30. The number of aromatic nitrogens is 2. The number of hydrogen-bond acceptors (Lipinski definition) is 4. The molecule has 1 aromatic carbocycles. The minimum absolute atomic E-state index is 0.527. The van der Waals surface area contributed by atoms with Gasteiger partial charge < -0.3 is 9.47 Å². The van der Waals surface area contributed by atoms with Gasteiger partial charge in [0.15, 0.2) is 11.5 Å². The molecule has 0 amide bonds. The van der Waals surface area contributed by atoms with Crippen LogP contribution in [0.5, 0.6) is 11.5 Å². The smallest absolute Gasteiger partial charge is 0.162 e. The van der Waals surface area contributed by atoms with Crippen molar-refractivity contribution in [3.8, 4) is 11.5 Å². The van der Waals surface area contributed by atoms with Crippen LogP contribution in [0, 0.1) is 0 Å². The van der Waals surface area contributed by atoms with Crippen molar-refractivity contribution in [3.05, 3.63) is 22.6 Å². The van der Waals surface area contributed by atoms with Gasteiger partial charge in [0, 0.05) is 17.4 Å². The topological polar surface area (TPSA) is 44.2 Å². The Bertz CT molecular complexity index is 611. The molecule has 1 aliphatic rings. The molecule has 1 aromatic heterocycles. The Morgan fingerprint density at radius 2 is 1.78 bits per heavy atom. The molecule has 4 nitrogen and oxygen atoms in total. The van der Waals surface area contributed by atoms with E-state index >= 15 is 0 Å². The minimum atomic E-state index is 0.527. The predicted octanol–water partition coefficient (Wildman–Crippen LogP) is 3.29. The average Bonchev–Trinajstić information content (AvgIpc) is 3.21. The van der Waals surface area contributed by atoms with Crippen LogP contribution in [-0.4, -0.2) is 24.2 Å². The lowest BCUT2D eigenvalue weighted by Crippen LogP contribution is -1.97. The highest BCUT2D eigenvalue weighted by Gasteiger charge is 2.27. The SMILES string of the molecule is COc1cc2nc(C3CC3)nc(Br)c2cc1OC. The Morgan fingerprint density at radius 1 is 1.11 bits per heavy atom. The van der Waals surface area contributed by atoms with Crippen LogP contribution < -0.4 is 9.47 Å². The van der Waals surface area contributed by atoms with Crippen molar-refractivity contribution in [2.75, 3.05) is 14.2 Å². The van der Waals surface area contributed by atoms with E-state index in [9.17, 15) is 0 Å². The number of rotatable bonds is 3. The zero-order chi connectivity index (χ0) is 12.7. The normalized spacial score (nSPS) is 14.8. The molecule has 1 saturated carbocycles. The van der Waals surface area contributed by atoms with Gasteiger partial charge in [-0.1, -0.05) is 0 Å². The molecule has 0 aliphatic heterocycles.